The SMILES string of the molecule is CNc1nc(-n2nc(C)c(C)c2C)c2cc(C)sc2n1. The highest BCUT2D eigenvalue weighted by Gasteiger charge is 2.16. The van der Waals surface area contributed by atoms with Crippen LogP contribution in [0.2, 0.25) is 0 Å². The average Bonchev–Trinajstić information content (AvgIpc) is 2.92. The van der Waals surface area contributed by atoms with E-state index in [2.05, 4.69) is 47.2 Å². The molecule has 0 saturated heterocycles. The van der Waals surface area contributed by atoms with Gasteiger partial charge in [0.2, 0.25) is 5.95 Å². The van der Waals surface area contributed by atoms with Crippen LogP contribution >= 0.6 is 11.3 Å². The smallest absolute Gasteiger partial charge is 0.225 e. The second kappa shape index (κ2) is 4.56. The van der Waals surface area contributed by atoms with E-state index in [-0.39, 0.29) is 0 Å². The van der Waals surface area contributed by atoms with E-state index >= 15 is 0 Å². The summed E-state index contributed by atoms with van der Waals surface area (Å²) in [5.41, 5.74) is 3.36. The second-order valence-corrected chi connectivity index (χ2v) is 6.14. The first-order valence-electron chi connectivity index (χ1n) is 6.50. The van der Waals surface area contributed by atoms with Crippen LogP contribution in [0.1, 0.15) is 21.8 Å². The number of hydrogen-bond acceptors (Lipinski definition) is 5. The number of nitrogens with zero attached hydrogens (tertiary/aromatic N) is 4. The first kappa shape index (κ1) is 13.1. The Hall–Kier alpha value is -1.95. The number of aromatic nitrogens is 4. The monoisotopic (exact) mass is 287 g/mol. The standard InChI is InChI=1S/C14H17N5S/c1-7-6-11-12(16-14(15-5)17-13(11)20-7)19-10(4)8(2)9(3)18-19/h6H,1-5H3,(H,15,16,17). The first-order valence-corrected chi connectivity index (χ1v) is 7.32. The highest BCUT2D eigenvalue weighted by atomic mass is 32.1. The van der Waals surface area contributed by atoms with Gasteiger partial charge in [-0.05, 0) is 39.3 Å². The summed E-state index contributed by atoms with van der Waals surface area (Å²) in [5.74, 6) is 1.47. The minimum atomic E-state index is 0.625. The molecule has 0 amide bonds. The highest BCUT2D eigenvalue weighted by Crippen LogP contribution is 2.29. The normalized spacial score (nSPS) is 11.2. The Bertz CT molecular complexity index is 800. The van der Waals surface area contributed by atoms with Crippen LogP contribution in [-0.2, 0) is 0 Å². The van der Waals surface area contributed by atoms with Crippen molar-refractivity contribution >= 4 is 27.5 Å². The maximum absolute atomic E-state index is 4.62. The highest BCUT2D eigenvalue weighted by molar-refractivity contribution is 7.18. The van der Waals surface area contributed by atoms with Crippen LogP contribution in [0.4, 0.5) is 5.95 Å². The van der Waals surface area contributed by atoms with Crippen molar-refractivity contribution in [1.29, 1.82) is 0 Å². The molecule has 0 bridgehead atoms. The molecule has 20 heavy (non-hydrogen) atoms. The number of fused-ring (bicyclic) bond motifs is 1. The van der Waals surface area contributed by atoms with Crippen molar-refractivity contribution in [3.05, 3.63) is 27.9 Å². The molecule has 0 aromatic carbocycles. The van der Waals surface area contributed by atoms with Gasteiger partial charge in [-0.15, -0.1) is 11.3 Å². The fourth-order valence-electron chi connectivity index (χ4n) is 2.23. The molecule has 0 spiro atoms. The summed E-state index contributed by atoms with van der Waals surface area (Å²) in [5, 5.41) is 8.69. The van der Waals surface area contributed by atoms with Crippen LogP contribution in [0.15, 0.2) is 6.07 Å². The van der Waals surface area contributed by atoms with Crippen molar-refractivity contribution in [2.24, 2.45) is 0 Å². The zero-order chi connectivity index (χ0) is 14.4. The third-order valence-electron chi connectivity index (χ3n) is 3.57. The molecular weight excluding hydrogens is 270 g/mol. The van der Waals surface area contributed by atoms with Gasteiger partial charge in [0.1, 0.15) is 4.83 Å². The van der Waals surface area contributed by atoms with Crippen molar-refractivity contribution in [2.75, 3.05) is 12.4 Å². The molecule has 0 atom stereocenters. The molecule has 3 rings (SSSR count). The van der Waals surface area contributed by atoms with Crippen LogP contribution in [0.25, 0.3) is 16.0 Å². The summed E-state index contributed by atoms with van der Waals surface area (Å²) < 4.78 is 1.92. The lowest BCUT2D eigenvalue weighted by molar-refractivity contribution is 0.811. The van der Waals surface area contributed by atoms with Crippen molar-refractivity contribution in [1.82, 2.24) is 19.7 Å². The average molecular weight is 287 g/mol. The second-order valence-electron chi connectivity index (χ2n) is 4.90. The van der Waals surface area contributed by atoms with Crippen LogP contribution in [0.3, 0.4) is 0 Å². The van der Waals surface area contributed by atoms with Gasteiger partial charge in [-0.1, -0.05) is 0 Å². The van der Waals surface area contributed by atoms with Crippen LogP contribution in [0.5, 0.6) is 0 Å². The van der Waals surface area contributed by atoms with E-state index in [1.54, 1.807) is 11.3 Å². The topological polar surface area (TPSA) is 55.6 Å². The summed E-state index contributed by atoms with van der Waals surface area (Å²) in [6.45, 7) is 8.27. The molecule has 0 fully saturated rings. The summed E-state index contributed by atoms with van der Waals surface area (Å²) in [4.78, 5) is 11.3. The largest absolute Gasteiger partial charge is 0.357 e. The van der Waals surface area contributed by atoms with Crippen molar-refractivity contribution < 1.29 is 0 Å². The molecule has 3 heterocycles. The Labute approximate surface area is 121 Å². The Kier molecular flexibility index (Phi) is 2.97. The number of rotatable bonds is 2. The predicted molar refractivity (Wildman–Crippen MR) is 83.0 cm³/mol. The fourth-order valence-corrected chi connectivity index (χ4v) is 3.10. The molecule has 0 aliphatic rings. The van der Waals surface area contributed by atoms with E-state index < -0.39 is 0 Å². The molecule has 1 N–H and O–H groups in total. The number of thiophene rings is 1. The molecule has 104 valence electrons. The summed E-state index contributed by atoms with van der Waals surface area (Å²) >= 11 is 1.68. The van der Waals surface area contributed by atoms with E-state index in [4.69, 9.17) is 0 Å². The zero-order valence-electron chi connectivity index (χ0n) is 12.3. The third kappa shape index (κ3) is 1.87. The molecule has 0 radical (unpaired) electrons. The van der Waals surface area contributed by atoms with E-state index in [1.165, 1.54) is 10.4 Å². The molecule has 3 aromatic rings. The molecule has 5 nitrogen and oxygen atoms in total. The minimum Gasteiger partial charge on any atom is -0.357 e. The van der Waals surface area contributed by atoms with Crippen LogP contribution in [-0.4, -0.2) is 26.8 Å². The molecule has 0 saturated carbocycles. The molecular formula is C14H17N5S. The van der Waals surface area contributed by atoms with Crippen molar-refractivity contribution in [2.45, 2.75) is 27.7 Å². The fraction of sp³-hybridized carbons (Fsp3) is 0.357. The third-order valence-corrected chi connectivity index (χ3v) is 4.52. The van der Waals surface area contributed by atoms with Gasteiger partial charge in [0.05, 0.1) is 11.1 Å². The van der Waals surface area contributed by atoms with Gasteiger partial charge in [0, 0.05) is 17.6 Å². The summed E-state index contributed by atoms with van der Waals surface area (Å²) in [6, 6.07) is 2.13. The van der Waals surface area contributed by atoms with Gasteiger partial charge in [0.15, 0.2) is 5.82 Å². The van der Waals surface area contributed by atoms with Crippen molar-refractivity contribution in [3.63, 3.8) is 0 Å². The van der Waals surface area contributed by atoms with Crippen LogP contribution < -0.4 is 5.32 Å². The molecule has 3 aromatic heterocycles. The Balaban J connectivity index is 2.36. The number of hydrogen-bond donors (Lipinski definition) is 1. The number of aryl methyl sites for hydroxylation is 2. The molecule has 6 heteroatoms. The van der Waals surface area contributed by atoms with E-state index in [0.29, 0.717) is 5.95 Å². The zero-order valence-corrected chi connectivity index (χ0v) is 13.1. The van der Waals surface area contributed by atoms with Gasteiger partial charge >= 0.3 is 0 Å². The molecule has 0 aliphatic carbocycles. The maximum Gasteiger partial charge on any atom is 0.225 e. The minimum absolute atomic E-state index is 0.625. The van der Waals surface area contributed by atoms with Gasteiger partial charge in [-0.3, -0.25) is 0 Å². The summed E-state index contributed by atoms with van der Waals surface area (Å²) in [6.07, 6.45) is 0. The Morgan fingerprint density at radius 2 is 1.90 bits per heavy atom. The van der Waals surface area contributed by atoms with E-state index in [9.17, 15) is 0 Å². The van der Waals surface area contributed by atoms with Gasteiger partial charge in [-0.25, -0.2) is 9.67 Å². The summed E-state index contributed by atoms with van der Waals surface area (Å²) in [7, 11) is 1.83. The number of nitrogens with one attached hydrogen (secondary N) is 1. The number of anilines is 1. The quantitative estimate of drug-likeness (QED) is 0.786. The first-order chi connectivity index (χ1) is 9.51. The van der Waals surface area contributed by atoms with Gasteiger partial charge in [-0.2, -0.15) is 10.1 Å². The predicted octanol–water partition coefficient (Wildman–Crippen LogP) is 3.15. The molecule has 0 aliphatic heterocycles. The lowest BCUT2D eigenvalue weighted by Crippen LogP contribution is -2.06. The van der Waals surface area contributed by atoms with Gasteiger partial charge in [0.25, 0.3) is 0 Å². The van der Waals surface area contributed by atoms with E-state index in [0.717, 1.165) is 27.4 Å². The Morgan fingerprint density at radius 3 is 2.50 bits per heavy atom. The molecule has 0 unspecified atom stereocenters. The lowest BCUT2D eigenvalue weighted by atomic mass is 10.2. The van der Waals surface area contributed by atoms with E-state index in [1.807, 2.05) is 18.7 Å². The lowest BCUT2D eigenvalue weighted by Gasteiger charge is -2.07. The van der Waals surface area contributed by atoms with Gasteiger partial charge < -0.3 is 5.32 Å². The van der Waals surface area contributed by atoms with Crippen molar-refractivity contribution in [3.8, 4) is 5.82 Å². The Morgan fingerprint density at radius 1 is 1.15 bits per heavy atom. The maximum atomic E-state index is 4.62. The van der Waals surface area contributed by atoms with Crippen LogP contribution in [0, 0.1) is 27.7 Å².